The lowest BCUT2D eigenvalue weighted by Crippen LogP contribution is -1.94. The van der Waals surface area contributed by atoms with Crippen LogP contribution in [0.3, 0.4) is 0 Å². The van der Waals surface area contributed by atoms with Gasteiger partial charge in [0.15, 0.2) is 0 Å². The lowest BCUT2D eigenvalue weighted by molar-refractivity contribution is 0.667. The molecule has 0 aliphatic heterocycles. The zero-order chi connectivity index (χ0) is 29.7. The maximum Gasteiger partial charge on any atom is 0.143 e. The molecule has 1 nitrogen and oxygen atoms in total. The van der Waals surface area contributed by atoms with Gasteiger partial charge in [0.1, 0.15) is 11.2 Å². The fourth-order valence-electron chi connectivity index (χ4n) is 7.40. The number of benzene rings is 7. The molecular formula is C44H30O. The van der Waals surface area contributed by atoms with Gasteiger partial charge >= 0.3 is 0 Å². The topological polar surface area (TPSA) is 13.1 Å². The summed E-state index contributed by atoms with van der Waals surface area (Å²) < 4.78 is 6.72. The number of hydrogen-bond acceptors (Lipinski definition) is 1. The Bertz CT molecular complexity index is 2410. The van der Waals surface area contributed by atoms with E-state index in [1.807, 2.05) is 0 Å². The van der Waals surface area contributed by atoms with E-state index in [-0.39, 0.29) is 0 Å². The summed E-state index contributed by atoms with van der Waals surface area (Å²) in [6, 6.07) is 50.5. The Kier molecular flexibility index (Phi) is 6.02. The highest BCUT2D eigenvalue weighted by molar-refractivity contribution is 6.26. The van der Waals surface area contributed by atoms with Crippen molar-refractivity contribution in [1.29, 1.82) is 0 Å². The van der Waals surface area contributed by atoms with Crippen LogP contribution in [-0.2, 0) is 0 Å². The third kappa shape index (κ3) is 4.08. The minimum atomic E-state index is 0.926. The van der Waals surface area contributed by atoms with Crippen LogP contribution in [-0.4, -0.2) is 0 Å². The van der Waals surface area contributed by atoms with E-state index >= 15 is 0 Å². The Morgan fingerprint density at radius 2 is 1.00 bits per heavy atom. The highest BCUT2D eigenvalue weighted by Gasteiger charge is 2.23. The van der Waals surface area contributed by atoms with Crippen molar-refractivity contribution >= 4 is 49.1 Å². The summed E-state index contributed by atoms with van der Waals surface area (Å²) in [6.45, 7) is 0. The molecule has 1 heteroatoms. The maximum absolute atomic E-state index is 6.72. The molecular weight excluding hydrogens is 544 g/mol. The molecule has 8 aromatic rings. The van der Waals surface area contributed by atoms with E-state index < -0.39 is 0 Å². The fourth-order valence-corrected chi connectivity index (χ4v) is 7.40. The van der Waals surface area contributed by atoms with E-state index in [1.165, 1.54) is 71.4 Å². The molecule has 7 aromatic carbocycles. The largest absolute Gasteiger partial charge is 0.455 e. The minimum Gasteiger partial charge on any atom is -0.455 e. The molecule has 45 heavy (non-hydrogen) atoms. The standard InChI is InChI=1S/C44H30O/c1-3-15-29(16-4-1)31-19-7-8-20-33(31)41-34-21-9-11-23-36(34)42(37-24-12-10-22-35(37)41)39-28-27-32(30-17-5-2-6-18-30)44-43(39)38-25-13-14-26-40(38)45-44/h1-5,7-17,19-28H,6,18H2. The second-order valence-corrected chi connectivity index (χ2v) is 11.9. The first kappa shape index (κ1) is 25.8. The molecule has 9 rings (SSSR count). The Morgan fingerprint density at radius 3 is 1.67 bits per heavy atom. The van der Waals surface area contributed by atoms with Crippen molar-refractivity contribution in [2.24, 2.45) is 0 Å². The van der Waals surface area contributed by atoms with Gasteiger partial charge in [0.25, 0.3) is 0 Å². The van der Waals surface area contributed by atoms with Gasteiger partial charge in [0, 0.05) is 16.3 Å². The molecule has 1 aliphatic rings. The number of para-hydroxylation sites is 1. The summed E-state index contributed by atoms with van der Waals surface area (Å²) in [7, 11) is 0. The highest BCUT2D eigenvalue weighted by Crippen LogP contribution is 2.49. The van der Waals surface area contributed by atoms with Crippen LogP contribution in [0.5, 0.6) is 0 Å². The van der Waals surface area contributed by atoms with Crippen LogP contribution < -0.4 is 0 Å². The minimum absolute atomic E-state index is 0.926. The van der Waals surface area contributed by atoms with E-state index in [0.29, 0.717) is 0 Å². The molecule has 0 radical (unpaired) electrons. The van der Waals surface area contributed by atoms with Crippen LogP contribution in [0.1, 0.15) is 18.4 Å². The van der Waals surface area contributed by atoms with Gasteiger partial charge in [0.2, 0.25) is 0 Å². The van der Waals surface area contributed by atoms with Gasteiger partial charge in [-0.25, -0.2) is 0 Å². The van der Waals surface area contributed by atoms with Crippen molar-refractivity contribution in [2.45, 2.75) is 12.8 Å². The summed E-state index contributed by atoms with van der Waals surface area (Å²) in [5.41, 5.74) is 11.9. The van der Waals surface area contributed by atoms with Crippen LogP contribution >= 0.6 is 0 Å². The molecule has 0 bridgehead atoms. The molecule has 0 fully saturated rings. The third-order valence-corrected chi connectivity index (χ3v) is 9.37. The summed E-state index contributed by atoms with van der Waals surface area (Å²) in [6.07, 6.45) is 8.73. The Morgan fingerprint density at radius 1 is 0.444 bits per heavy atom. The molecule has 1 aliphatic carbocycles. The number of furan rings is 1. The van der Waals surface area contributed by atoms with Gasteiger partial charge in [-0.2, -0.15) is 0 Å². The second-order valence-electron chi connectivity index (χ2n) is 11.9. The predicted octanol–water partition coefficient (Wildman–Crippen LogP) is 12.6. The summed E-state index contributed by atoms with van der Waals surface area (Å²) in [4.78, 5) is 0. The van der Waals surface area contributed by atoms with Crippen molar-refractivity contribution < 1.29 is 4.42 Å². The SMILES string of the molecule is C1=CCCC(c2ccc(-c3c4ccccc4c(-c4ccccc4-c4ccccc4)c4ccccc34)c3c2oc2ccccc23)=C1. The zero-order valence-electron chi connectivity index (χ0n) is 24.8. The first-order chi connectivity index (χ1) is 22.4. The number of hydrogen-bond donors (Lipinski definition) is 0. The molecule has 0 amide bonds. The molecule has 1 heterocycles. The lowest BCUT2D eigenvalue weighted by Gasteiger charge is -2.20. The van der Waals surface area contributed by atoms with Crippen LogP contribution in [0.2, 0.25) is 0 Å². The number of fused-ring (bicyclic) bond motifs is 5. The molecule has 0 spiro atoms. The van der Waals surface area contributed by atoms with E-state index in [4.69, 9.17) is 4.42 Å². The monoisotopic (exact) mass is 574 g/mol. The smallest absolute Gasteiger partial charge is 0.143 e. The van der Waals surface area contributed by atoms with Crippen LogP contribution in [0, 0.1) is 0 Å². The average molecular weight is 575 g/mol. The Labute approximate surface area is 262 Å². The molecule has 0 N–H and O–H groups in total. The van der Waals surface area contributed by atoms with Crippen molar-refractivity contribution in [3.63, 3.8) is 0 Å². The maximum atomic E-state index is 6.72. The molecule has 0 unspecified atom stereocenters. The van der Waals surface area contributed by atoms with Crippen molar-refractivity contribution in [2.75, 3.05) is 0 Å². The number of allylic oxidation sites excluding steroid dienone is 4. The molecule has 1 aromatic heterocycles. The van der Waals surface area contributed by atoms with Gasteiger partial charge in [-0.3, -0.25) is 0 Å². The van der Waals surface area contributed by atoms with Crippen molar-refractivity contribution in [3.8, 4) is 33.4 Å². The third-order valence-electron chi connectivity index (χ3n) is 9.37. The predicted molar refractivity (Wildman–Crippen MR) is 191 cm³/mol. The Balaban J connectivity index is 1.42. The first-order valence-corrected chi connectivity index (χ1v) is 15.8. The first-order valence-electron chi connectivity index (χ1n) is 15.8. The highest BCUT2D eigenvalue weighted by atomic mass is 16.3. The van der Waals surface area contributed by atoms with E-state index in [9.17, 15) is 0 Å². The summed E-state index contributed by atoms with van der Waals surface area (Å²) in [5.74, 6) is 0. The fraction of sp³-hybridized carbons (Fsp3) is 0.0455. The van der Waals surface area contributed by atoms with E-state index in [0.717, 1.165) is 29.4 Å². The van der Waals surface area contributed by atoms with E-state index in [1.54, 1.807) is 0 Å². The number of rotatable bonds is 4. The lowest BCUT2D eigenvalue weighted by atomic mass is 9.82. The van der Waals surface area contributed by atoms with Crippen LogP contribution in [0.25, 0.3) is 82.4 Å². The van der Waals surface area contributed by atoms with Crippen molar-refractivity contribution in [3.05, 3.63) is 163 Å². The summed E-state index contributed by atoms with van der Waals surface area (Å²) >= 11 is 0. The van der Waals surface area contributed by atoms with Crippen LogP contribution in [0.15, 0.2) is 162 Å². The average Bonchev–Trinajstić information content (AvgIpc) is 3.51. The molecule has 0 atom stereocenters. The quantitative estimate of drug-likeness (QED) is 0.191. The molecule has 0 saturated heterocycles. The zero-order valence-corrected chi connectivity index (χ0v) is 24.8. The van der Waals surface area contributed by atoms with Gasteiger partial charge in [-0.15, -0.1) is 0 Å². The second kappa shape index (κ2) is 10.5. The normalized spacial score (nSPS) is 13.2. The van der Waals surface area contributed by atoms with E-state index in [2.05, 4.69) is 158 Å². The van der Waals surface area contributed by atoms with Crippen LogP contribution in [0.4, 0.5) is 0 Å². The van der Waals surface area contributed by atoms with Gasteiger partial charge in [0.05, 0.1) is 0 Å². The van der Waals surface area contributed by atoms with Crippen molar-refractivity contribution in [1.82, 2.24) is 0 Å². The van der Waals surface area contributed by atoms with Gasteiger partial charge < -0.3 is 4.42 Å². The Hall–Kier alpha value is -5.66. The van der Waals surface area contributed by atoms with Gasteiger partial charge in [-0.05, 0) is 79.4 Å². The molecule has 212 valence electrons. The summed E-state index contributed by atoms with van der Waals surface area (Å²) in [5, 5.41) is 7.33. The van der Waals surface area contributed by atoms with Gasteiger partial charge in [-0.1, -0.05) is 152 Å². The molecule has 0 saturated carbocycles.